The summed E-state index contributed by atoms with van der Waals surface area (Å²) < 4.78 is 2.50. The number of benzene rings is 1. The number of hydrogen-bond acceptors (Lipinski definition) is 0. The van der Waals surface area contributed by atoms with Gasteiger partial charge in [-0.25, -0.2) is 0 Å². The SMILES string of the molecule is CC(C)c1cccc(C(C)C)c1[N+]1=[C]C2(CCCCC2)CC1. The van der Waals surface area contributed by atoms with E-state index in [0.29, 0.717) is 17.3 Å². The predicted molar refractivity (Wildman–Crippen MR) is 94.5 cm³/mol. The molecule has 1 aromatic rings. The highest BCUT2D eigenvalue weighted by Gasteiger charge is 2.43. The highest BCUT2D eigenvalue weighted by Crippen LogP contribution is 2.43. The minimum absolute atomic E-state index is 0.386. The zero-order chi connectivity index (χ0) is 15.7. The fraction of sp³-hybridized carbons (Fsp3) is 0.667. The first kappa shape index (κ1) is 15.8. The first-order valence-corrected chi connectivity index (χ1v) is 9.20. The van der Waals surface area contributed by atoms with Crippen molar-refractivity contribution in [2.45, 2.75) is 78.1 Å². The predicted octanol–water partition coefficient (Wildman–Crippen LogP) is 5.88. The van der Waals surface area contributed by atoms with Gasteiger partial charge in [0.05, 0.1) is 5.41 Å². The Morgan fingerprint density at radius 1 is 0.909 bits per heavy atom. The normalized spacial score (nSPS) is 20.9. The van der Waals surface area contributed by atoms with Crippen LogP contribution in [0.4, 0.5) is 5.69 Å². The Hall–Kier alpha value is -1.11. The number of rotatable bonds is 3. The molecule has 0 aromatic heterocycles. The van der Waals surface area contributed by atoms with E-state index in [1.165, 1.54) is 55.3 Å². The molecule has 1 heteroatoms. The molecule has 119 valence electrons. The van der Waals surface area contributed by atoms with Gasteiger partial charge in [0, 0.05) is 17.5 Å². The van der Waals surface area contributed by atoms with Crippen LogP contribution in [0, 0.1) is 5.41 Å². The van der Waals surface area contributed by atoms with E-state index >= 15 is 0 Å². The second kappa shape index (κ2) is 6.18. The van der Waals surface area contributed by atoms with Crippen LogP contribution in [-0.2, 0) is 0 Å². The molecule has 0 bridgehead atoms. The average Bonchev–Trinajstić information content (AvgIpc) is 2.90. The van der Waals surface area contributed by atoms with Gasteiger partial charge in [0.15, 0.2) is 6.54 Å². The Kier molecular flexibility index (Phi) is 4.43. The van der Waals surface area contributed by atoms with Crippen LogP contribution in [0.2, 0.25) is 0 Å². The quantitative estimate of drug-likeness (QED) is 0.613. The van der Waals surface area contributed by atoms with Crippen molar-refractivity contribution in [2.24, 2.45) is 5.41 Å². The van der Waals surface area contributed by atoms with Crippen molar-refractivity contribution in [3.63, 3.8) is 0 Å². The van der Waals surface area contributed by atoms with Crippen LogP contribution in [-0.4, -0.2) is 17.3 Å². The Morgan fingerprint density at radius 3 is 2.05 bits per heavy atom. The van der Waals surface area contributed by atoms with Crippen LogP contribution in [0.1, 0.15) is 89.2 Å². The minimum Gasteiger partial charge on any atom is -0.190 e. The van der Waals surface area contributed by atoms with Gasteiger partial charge in [-0.1, -0.05) is 65.2 Å². The lowest BCUT2D eigenvalue weighted by Crippen LogP contribution is -2.23. The van der Waals surface area contributed by atoms with Gasteiger partial charge in [0.2, 0.25) is 5.69 Å². The van der Waals surface area contributed by atoms with E-state index in [1.807, 2.05) is 0 Å². The first-order chi connectivity index (χ1) is 10.5. The highest BCUT2D eigenvalue weighted by atomic mass is 15.0. The maximum absolute atomic E-state index is 3.95. The number of nitrogens with zero attached hydrogens (tertiary/aromatic N) is 1. The third kappa shape index (κ3) is 2.87. The number of hydrogen-bond donors (Lipinski definition) is 0. The Balaban J connectivity index is 2.05. The van der Waals surface area contributed by atoms with E-state index in [1.54, 1.807) is 0 Å². The summed E-state index contributed by atoms with van der Waals surface area (Å²) in [5.41, 5.74) is 4.84. The van der Waals surface area contributed by atoms with Crippen LogP contribution in [0.25, 0.3) is 0 Å². The molecule has 1 aliphatic heterocycles. The molecule has 1 radical (unpaired) electrons. The van der Waals surface area contributed by atoms with E-state index in [4.69, 9.17) is 0 Å². The smallest absolute Gasteiger partial charge is 0.190 e. The molecule has 0 atom stereocenters. The van der Waals surface area contributed by atoms with Gasteiger partial charge in [0.1, 0.15) is 0 Å². The summed E-state index contributed by atoms with van der Waals surface area (Å²) in [4.78, 5) is 0. The van der Waals surface area contributed by atoms with Crippen LogP contribution >= 0.6 is 0 Å². The molecular weight excluding hydrogens is 266 g/mol. The summed E-state index contributed by atoms with van der Waals surface area (Å²) in [5.74, 6) is 1.14. The topological polar surface area (TPSA) is 3.01 Å². The van der Waals surface area contributed by atoms with E-state index < -0.39 is 0 Å². The average molecular weight is 297 g/mol. The second-order valence-corrected chi connectivity index (χ2v) is 7.95. The number of para-hydroxylation sites is 1. The van der Waals surface area contributed by atoms with Crippen molar-refractivity contribution < 1.29 is 4.58 Å². The van der Waals surface area contributed by atoms with Crippen molar-refractivity contribution in [3.05, 3.63) is 29.3 Å². The zero-order valence-corrected chi connectivity index (χ0v) is 14.8. The Labute approximate surface area is 136 Å². The molecule has 1 saturated carbocycles. The molecule has 0 unspecified atom stereocenters. The molecule has 1 spiro atoms. The molecule has 2 aliphatic rings. The maximum Gasteiger partial charge on any atom is 0.256 e. The molecule has 1 fully saturated rings. The Morgan fingerprint density at radius 2 is 1.50 bits per heavy atom. The van der Waals surface area contributed by atoms with Crippen LogP contribution in [0.3, 0.4) is 0 Å². The van der Waals surface area contributed by atoms with Gasteiger partial charge >= 0.3 is 0 Å². The molecule has 0 saturated heterocycles. The fourth-order valence-electron chi connectivity index (χ4n) is 4.31. The van der Waals surface area contributed by atoms with E-state index in [9.17, 15) is 0 Å². The third-order valence-electron chi connectivity index (χ3n) is 5.61. The standard InChI is InChI=1S/C21H31N/c1-16(2)18-9-8-10-19(17(3)4)20(18)22-14-13-21(15-22)11-6-5-7-12-21/h8-10,16-17H,5-7,11-14H2,1-4H3/q+1. The summed E-state index contributed by atoms with van der Waals surface area (Å²) in [6.07, 6.45) is 12.2. The largest absolute Gasteiger partial charge is 0.256 e. The molecule has 1 aromatic carbocycles. The second-order valence-electron chi connectivity index (χ2n) is 7.95. The molecule has 1 nitrogen and oxygen atoms in total. The molecule has 0 N–H and O–H groups in total. The van der Waals surface area contributed by atoms with Crippen molar-refractivity contribution in [2.75, 3.05) is 6.54 Å². The molecule has 22 heavy (non-hydrogen) atoms. The van der Waals surface area contributed by atoms with Gasteiger partial charge in [-0.15, -0.1) is 0 Å². The van der Waals surface area contributed by atoms with Gasteiger partial charge in [-0.05, 0) is 24.7 Å². The first-order valence-electron chi connectivity index (χ1n) is 9.20. The highest BCUT2D eigenvalue weighted by molar-refractivity contribution is 5.66. The lowest BCUT2D eigenvalue weighted by atomic mass is 9.74. The monoisotopic (exact) mass is 297 g/mol. The Bertz CT molecular complexity index is 533. The molecule has 0 amide bonds. The van der Waals surface area contributed by atoms with Crippen molar-refractivity contribution in [1.29, 1.82) is 0 Å². The summed E-state index contributed by atoms with van der Waals surface area (Å²) in [6, 6.07) is 6.87. The lowest BCUT2D eigenvalue weighted by molar-refractivity contribution is -0.428. The van der Waals surface area contributed by atoms with Gasteiger partial charge in [0.25, 0.3) is 6.21 Å². The molecule has 1 aliphatic carbocycles. The van der Waals surface area contributed by atoms with Crippen LogP contribution in [0.5, 0.6) is 0 Å². The minimum atomic E-state index is 0.386. The van der Waals surface area contributed by atoms with Crippen molar-refractivity contribution in [3.8, 4) is 0 Å². The van der Waals surface area contributed by atoms with Gasteiger partial charge in [-0.3, -0.25) is 0 Å². The van der Waals surface area contributed by atoms with E-state index in [0.717, 1.165) is 6.54 Å². The summed E-state index contributed by atoms with van der Waals surface area (Å²) in [7, 11) is 0. The molecular formula is C21H31N+. The molecule has 3 rings (SSSR count). The van der Waals surface area contributed by atoms with Crippen molar-refractivity contribution in [1.82, 2.24) is 0 Å². The van der Waals surface area contributed by atoms with E-state index in [2.05, 4.69) is 56.7 Å². The molecule has 1 heterocycles. The van der Waals surface area contributed by atoms with Gasteiger partial charge < -0.3 is 0 Å². The summed E-state index contributed by atoms with van der Waals surface area (Å²) in [6.45, 7) is 10.4. The van der Waals surface area contributed by atoms with Crippen LogP contribution < -0.4 is 0 Å². The fourth-order valence-corrected chi connectivity index (χ4v) is 4.31. The van der Waals surface area contributed by atoms with E-state index in [-0.39, 0.29) is 0 Å². The third-order valence-corrected chi connectivity index (χ3v) is 5.61. The van der Waals surface area contributed by atoms with Gasteiger partial charge in [-0.2, -0.15) is 4.58 Å². The maximum atomic E-state index is 3.95. The lowest BCUT2D eigenvalue weighted by Gasteiger charge is -2.25. The summed E-state index contributed by atoms with van der Waals surface area (Å²) in [5, 5.41) is 0. The zero-order valence-electron chi connectivity index (χ0n) is 14.8. The van der Waals surface area contributed by atoms with Crippen molar-refractivity contribution >= 4 is 11.9 Å². The summed E-state index contributed by atoms with van der Waals surface area (Å²) >= 11 is 0. The van der Waals surface area contributed by atoms with Crippen LogP contribution in [0.15, 0.2) is 18.2 Å².